The van der Waals surface area contributed by atoms with Crippen molar-refractivity contribution >= 4 is 11.6 Å². The summed E-state index contributed by atoms with van der Waals surface area (Å²) in [5.41, 5.74) is 1.06. The Labute approximate surface area is 163 Å². The molecule has 0 radical (unpaired) electrons. The number of ketones is 2. The van der Waals surface area contributed by atoms with Gasteiger partial charge in [0.05, 0.1) is 11.8 Å². The number of ether oxygens (including phenoxy) is 1. The minimum atomic E-state index is -0.969. The van der Waals surface area contributed by atoms with Crippen molar-refractivity contribution in [2.24, 2.45) is 0 Å². The van der Waals surface area contributed by atoms with Gasteiger partial charge in [-0.1, -0.05) is 5.57 Å². The predicted octanol–water partition coefficient (Wildman–Crippen LogP) is 4.10. The molecule has 1 aromatic carbocycles. The second-order valence-corrected chi connectivity index (χ2v) is 7.93. The number of Topliss-reactive ketones (excluding diaryl/α,β-unsaturated/α-hetero) is 2. The maximum Gasteiger partial charge on any atom is 0.175 e. The van der Waals surface area contributed by atoms with Gasteiger partial charge >= 0.3 is 0 Å². The van der Waals surface area contributed by atoms with Crippen LogP contribution in [0, 0.1) is 11.6 Å². The molecule has 1 atom stereocenters. The normalized spacial score (nSPS) is 21.0. The highest BCUT2D eigenvalue weighted by molar-refractivity contribution is 5.89. The molecule has 0 fully saturated rings. The summed E-state index contributed by atoms with van der Waals surface area (Å²) in [6.07, 6.45) is 4.24. The summed E-state index contributed by atoms with van der Waals surface area (Å²) in [6.45, 7) is 5.95. The van der Waals surface area contributed by atoms with Crippen LogP contribution in [0.5, 0.6) is 0 Å². The molecule has 0 saturated heterocycles. The molecule has 0 N–H and O–H groups in total. The monoisotopic (exact) mass is 389 g/mol. The van der Waals surface area contributed by atoms with Crippen LogP contribution in [0.4, 0.5) is 8.78 Å². The summed E-state index contributed by atoms with van der Waals surface area (Å²) in [6, 6.07) is 3.13. The molecule has 150 valence electrons. The molecule has 1 heterocycles. The summed E-state index contributed by atoms with van der Waals surface area (Å²) >= 11 is 0. The van der Waals surface area contributed by atoms with Crippen LogP contribution in [-0.4, -0.2) is 34.8 Å². The molecule has 0 amide bonds. The number of benzene rings is 1. The van der Waals surface area contributed by atoms with E-state index in [1.807, 2.05) is 17.9 Å². The number of carbonyl (C=O) groups excluding carboxylic acids is 2. The molecule has 1 aliphatic carbocycles. The van der Waals surface area contributed by atoms with Crippen LogP contribution < -0.4 is 0 Å². The smallest absolute Gasteiger partial charge is 0.175 e. The van der Waals surface area contributed by atoms with Gasteiger partial charge in [-0.05, 0) is 62.6 Å². The fourth-order valence-corrected chi connectivity index (χ4v) is 3.80. The SMILES string of the molecule is CC1=C(C2OC=CCN2C(C)(C)C(=O)Cc2cc(F)ccc2F)CCC(=O)C1. The summed E-state index contributed by atoms with van der Waals surface area (Å²) in [5, 5.41) is 0. The van der Waals surface area contributed by atoms with Gasteiger partial charge in [-0.3, -0.25) is 9.59 Å². The summed E-state index contributed by atoms with van der Waals surface area (Å²) in [4.78, 5) is 26.7. The van der Waals surface area contributed by atoms with Crippen LogP contribution in [0.2, 0.25) is 0 Å². The van der Waals surface area contributed by atoms with Crippen molar-refractivity contribution in [3.8, 4) is 0 Å². The van der Waals surface area contributed by atoms with Gasteiger partial charge in [-0.25, -0.2) is 13.7 Å². The average Bonchev–Trinajstić information content (AvgIpc) is 2.64. The second-order valence-electron chi connectivity index (χ2n) is 7.93. The van der Waals surface area contributed by atoms with Gasteiger partial charge in [0, 0.05) is 25.8 Å². The number of hydrogen-bond acceptors (Lipinski definition) is 4. The van der Waals surface area contributed by atoms with Crippen LogP contribution in [-0.2, 0) is 20.7 Å². The lowest BCUT2D eigenvalue weighted by Gasteiger charge is -2.44. The largest absolute Gasteiger partial charge is 0.479 e. The maximum atomic E-state index is 14.0. The van der Waals surface area contributed by atoms with E-state index in [-0.39, 0.29) is 23.6 Å². The van der Waals surface area contributed by atoms with Gasteiger partial charge in [0.15, 0.2) is 12.0 Å². The lowest BCUT2D eigenvalue weighted by molar-refractivity contribution is -0.136. The predicted molar refractivity (Wildman–Crippen MR) is 101 cm³/mol. The number of carbonyl (C=O) groups is 2. The maximum absolute atomic E-state index is 14.0. The number of hydrogen-bond donors (Lipinski definition) is 0. The molecule has 3 rings (SSSR count). The van der Waals surface area contributed by atoms with Crippen LogP contribution in [0.25, 0.3) is 0 Å². The van der Waals surface area contributed by atoms with E-state index in [9.17, 15) is 18.4 Å². The first-order chi connectivity index (χ1) is 13.2. The Bertz CT molecular complexity index is 857. The Morgan fingerprint density at radius 3 is 2.75 bits per heavy atom. The lowest BCUT2D eigenvalue weighted by Crippen LogP contribution is -2.57. The van der Waals surface area contributed by atoms with E-state index >= 15 is 0 Å². The summed E-state index contributed by atoms with van der Waals surface area (Å²) < 4.78 is 33.3. The molecule has 1 aliphatic heterocycles. The fraction of sp³-hybridized carbons (Fsp3) is 0.455. The Hall–Kier alpha value is -2.34. The van der Waals surface area contributed by atoms with E-state index in [2.05, 4.69) is 0 Å². The minimum absolute atomic E-state index is 0.0433. The number of nitrogens with zero attached hydrogens (tertiary/aromatic N) is 1. The number of allylic oxidation sites excluding steroid dienone is 1. The zero-order chi connectivity index (χ0) is 20.5. The van der Waals surface area contributed by atoms with Crippen molar-refractivity contribution in [1.29, 1.82) is 0 Å². The third-order valence-electron chi connectivity index (χ3n) is 5.63. The summed E-state index contributed by atoms with van der Waals surface area (Å²) in [5.74, 6) is -1.19. The Balaban J connectivity index is 1.86. The third-order valence-corrected chi connectivity index (χ3v) is 5.63. The highest BCUT2D eigenvalue weighted by Gasteiger charge is 2.42. The van der Waals surface area contributed by atoms with Crippen LogP contribution in [0.3, 0.4) is 0 Å². The van der Waals surface area contributed by atoms with Crippen molar-refractivity contribution in [2.75, 3.05) is 6.54 Å². The van der Waals surface area contributed by atoms with Gasteiger partial charge in [0.1, 0.15) is 17.4 Å². The van der Waals surface area contributed by atoms with Crippen LogP contribution >= 0.6 is 0 Å². The topological polar surface area (TPSA) is 46.6 Å². The van der Waals surface area contributed by atoms with Crippen molar-refractivity contribution in [1.82, 2.24) is 4.90 Å². The minimum Gasteiger partial charge on any atom is -0.479 e. The van der Waals surface area contributed by atoms with Gasteiger partial charge in [0.25, 0.3) is 0 Å². The van der Waals surface area contributed by atoms with Crippen LogP contribution in [0.15, 0.2) is 41.7 Å². The number of halogens is 2. The zero-order valence-electron chi connectivity index (χ0n) is 16.4. The van der Waals surface area contributed by atoms with E-state index in [1.165, 1.54) is 0 Å². The van der Waals surface area contributed by atoms with Gasteiger partial charge in [-0.2, -0.15) is 0 Å². The van der Waals surface area contributed by atoms with Crippen molar-refractivity contribution in [3.63, 3.8) is 0 Å². The van der Waals surface area contributed by atoms with Gasteiger partial charge in [0.2, 0.25) is 0 Å². The lowest BCUT2D eigenvalue weighted by atomic mass is 9.86. The highest BCUT2D eigenvalue weighted by Crippen LogP contribution is 2.34. The van der Waals surface area contributed by atoms with Crippen molar-refractivity contribution in [3.05, 3.63) is 58.9 Å². The van der Waals surface area contributed by atoms with Crippen molar-refractivity contribution in [2.45, 2.75) is 58.2 Å². The molecule has 6 heteroatoms. The Kier molecular flexibility index (Phi) is 5.79. The van der Waals surface area contributed by atoms with E-state index in [0.29, 0.717) is 25.8 Å². The van der Waals surface area contributed by atoms with E-state index in [4.69, 9.17) is 4.74 Å². The quantitative estimate of drug-likeness (QED) is 0.712. The van der Waals surface area contributed by atoms with E-state index in [0.717, 1.165) is 29.3 Å². The highest BCUT2D eigenvalue weighted by atomic mass is 19.1. The van der Waals surface area contributed by atoms with Gasteiger partial charge in [-0.15, -0.1) is 0 Å². The molecule has 28 heavy (non-hydrogen) atoms. The molecule has 0 bridgehead atoms. The summed E-state index contributed by atoms with van der Waals surface area (Å²) in [7, 11) is 0. The first-order valence-corrected chi connectivity index (χ1v) is 9.45. The van der Waals surface area contributed by atoms with Crippen molar-refractivity contribution < 1.29 is 23.1 Å². The Morgan fingerprint density at radius 2 is 2.04 bits per heavy atom. The van der Waals surface area contributed by atoms with E-state index in [1.54, 1.807) is 20.1 Å². The molecule has 4 nitrogen and oxygen atoms in total. The van der Waals surface area contributed by atoms with Gasteiger partial charge < -0.3 is 4.74 Å². The molecule has 0 saturated carbocycles. The first kappa shape index (κ1) is 20.4. The molecule has 0 aromatic heterocycles. The standard InChI is InChI=1S/C22H25F2NO3/c1-14-11-17(26)6-7-18(14)21-25(9-4-10-28-21)22(2,3)20(27)13-15-12-16(23)5-8-19(15)24/h4-5,8,10,12,21H,6-7,9,11,13H2,1-3H3. The molecule has 1 aromatic rings. The molecular formula is C22H25F2NO3. The molecule has 1 unspecified atom stereocenters. The van der Waals surface area contributed by atoms with Crippen LogP contribution in [0.1, 0.15) is 45.6 Å². The van der Waals surface area contributed by atoms with E-state index < -0.39 is 23.4 Å². The zero-order valence-corrected chi connectivity index (χ0v) is 16.4. The average molecular weight is 389 g/mol. The molecule has 0 spiro atoms. The fourth-order valence-electron chi connectivity index (χ4n) is 3.80. The number of rotatable bonds is 5. The first-order valence-electron chi connectivity index (χ1n) is 9.45. The third kappa shape index (κ3) is 4.07. The second kappa shape index (κ2) is 7.95. The molecule has 2 aliphatic rings. The Morgan fingerprint density at radius 1 is 1.29 bits per heavy atom. The molecular weight excluding hydrogens is 364 g/mol.